The van der Waals surface area contributed by atoms with E-state index in [0.29, 0.717) is 35.4 Å². The Morgan fingerprint density at radius 1 is 1.15 bits per heavy atom. The number of aryl methyl sites for hydroxylation is 2. The molecule has 0 fully saturated rings. The van der Waals surface area contributed by atoms with Gasteiger partial charge in [0.1, 0.15) is 5.84 Å². The minimum Gasteiger partial charge on any atom is -0.325 e. The molecule has 1 amide bonds. The van der Waals surface area contributed by atoms with Crippen molar-refractivity contribution in [1.29, 1.82) is 0 Å². The number of aromatic nitrogens is 4. The van der Waals surface area contributed by atoms with Crippen molar-refractivity contribution in [3.63, 3.8) is 0 Å². The predicted octanol–water partition coefficient (Wildman–Crippen LogP) is 2.72. The maximum Gasteiger partial charge on any atom is 0.262 e. The molecule has 1 aromatic carbocycles. The smallest absolute Gasteiger partial charge is 0.262 e. The van der Waals surface area contributed by atoms with Gasteiger partial charge in [0.05, 0.1) is 10.6 Å². The molecule has 12 heteroatoms. The lowest BCUT2D eigenvalue weighted by molar-refractivity contribution is -0.113. The molecule has 4 rings (SSSR count). The summed E-state index contributed by atoms with van der Waals surface area (Å²) in [4.78, 5) is 25.5. The summed E-state index contributed by atoms with van der Waals surface area (Å²) in [5, 5.41) is 7.54. The van der Waals surface area contributed by atoms with Crippen molar-refractivity contribution in [3.05, 3.63) is 41.7 Å². The monoisotopic (exact) mass is 487 g/mol. The van der Waals surface area contributed by atoms with Crippen molar-refractivity contribution in [2.75, 3.05) is 17.6 Å². The molecule has 0 saturated heterocycles. The van der Waals surface area contributed by atoms with Crippen molar-refractivity contribution < 1.29 is 13.2 Å². The van der Waals surface area contributed by atoms with Crippen molar-refractivity contribution >= 4 is 45.0 Å². The number of anilines is 1. The fourth-order valence-electron chi connectivity index (χ4n) is 3.45. The number of thioether (sulfide) groups is 1. The molecule has 2 aromatic heterocycles. The van der Waals surface area contributed by atoms with Gasteiger partial charge in [-0.25, -0.2) is 17.9 Å². The lowest BCUT2D eigenvalue weighted by atomic mass is 10.2. The van der Waals surface area contributed by atoms with Crippen LogP contribution < -0.4 is 10.0 Å². The summed E-state index contributed by atoms with van der Waals surface area (Å²) in [6.07, 6.45) is 3.52. The van der Waals surface area contributed by atoms with Crippen molar-refractivity contribution in [2.45, 2.75) is 49.6 Å². The molecular formula is C21H25N7O3S2. The molecule has 0 saturated carbocycles. The lowest BCUT2D eigenvalue weighted by Gasteiger charge is -2.11. The van der Waals surface area contributed by atoms with E-state index < -0.39 is 10.0 Å². The maximum atomic E-state index is 12.8. The Labute approximate surface area is 196 Å². The number of sulfonamides is 1. The summed E-state index contributed by atoms with van der Waals surface area (Å²) in [5.41, 5.74) is 2.14. The summed E-state index contributed by atoms with van der Waals surface area (Å²) < 4.78 is 29.7. The highest BCUT2D eigenvalue weighted by atomic mass is 32.2. The quantitative estimate of drug-likeness (QED) is 0.511. The Kier molecular flexibility index (Phi) is 6.94. The van der Waals surface area contributed by atoms with Crippen LogP contribution in [0.4, 0.5) is 5.69 Å². The molecule has 0 bridgehead atoms. The first-order valence-corrected chi connectivity index (χ1v) is 13.1. The van der Waals surface area contributed by atoms with E-state index in [-0.39, 0.29) is 16.6 Å². The molecule has 0 unspecified atom stereocenters. The number of amidine groups is 1. The molecule has 3 heterocycles. The van der Waals surface area contributed by atoms with Gasteiger partial charge in [0.15, 0.2) is 0 Å². The van der Waals surface area contributed by atoms with Crippen LogP contribution in [0.2, 0.25) is 0 Å². The number of carbonyl (C=O) groups is 1. The van der Waals surface area contributed by atoms with Gasteiger partial charge in [0.25, 0.3) is 15.8 Å². The van der Waals surface area contributed by atoms with Crippen LogP contribution in [-0.4, -0.2) is 52.0 Å². The zero-order valence-electron chi connectivity index (χ0n) is 18.4. The first-order chi connectivity index (χ1) is 15.8. The number of hydrogen-bond acceptors (Lipinski definition) is 8. The summed E-state index contributed by atoms with van der Waals surface area (Å²) >= 11 is 1.18. The fraction of sp³-hybridized carbons (Fsp3) is 0.381. The van der Waals surface area contributed by atoms with E-state index >= 15 is 0 Å². The highest BCUT2D eigenvalue weighted by Crippen LogP contribution is 2.19. The highest BCUT2D eigenvalue weighted by molar-refractivity contribution is 7.99. The van der Waals surface area contributed by atoms with E-state index in [9.17, 15) is 13.2 Å². The van der Waals surface area contributed by atoms with Crippen LogP contribution in [-0.2, 0) is 14.8 Å². The molecule has 10 nitrogen and oxygen atoms in total. The SMILES string of the molecule is Cc1cc(C)n2nc(SCC(=O)Nc3cccc(S(=O)(=O)NC4=NCCCCC4)c3)nc2n1. The zero-order chi connectivity index (χ0) is 23.4. The number of rotatable bonds is 6. The van der Waals surface area contributed by atoms with Gasteiger partial charge in [-0.2, -0.15) is 4.98 Å². The summed E-state index contributed by atoms with van der Waals surface area (Å²) in [5.74, 6) is 0.744. The topological polar surface area (TPSA) is 131 Å². The number of nitrogens with zero attached hydrogens (tertiary/aromatic N) is 5. The molecule has 0 aliphatic carbocycles. The molecular weight excluding hydrogens is 462 g/mol. The molecule has 1 aliphatic rings. The molecule has 1 aliphatic heterocycles. The second-order valence-electron chi connectivity index (χ2n) is 7.75. The Bertz CT molecular complexity index is 1320. The van der Waals surface area contributed by atoms with Crippen LogP contribution >= 0.6 is 11.8 Å². The van der Waals surface area contributed by atoms with Gasteiger partial charge in [-0.05, 0) is 51.0 Å². The molecule has 0 spiro atoms. The van der Waals surface area contributed by atoms with Crippen LogP contribution in [0.1, 0.15) is 37.1 Å². The van der Waals surface area contributed by atoms with Gasteiger partial charge in [-0.1, -0.05) is 24.2 Å². The summed E-state index contributed by atoms with van der Waals surface area (Å²) in [6.45, 7) is 4.42. The second-order valence-corrected chi connectivity index (χ2v) is 10.4. The molecule has 0 radical (unpaired) electrons. The molecule has 2 N–H and O–H groups in total. The van der Waals surface area contributed by atoms with E-state index in [4.69, 9.17) is 0 Å². The Balaban J connectivity index is 1.39. The number of benzene rings is 1. The molecule has 33 heavy (non-hydrogen) atoms. The van der Waals surface area contributed by atoms with Gasteiger partial charge in [0, 0.05) is 30.0 Å². The highest BCUT2D eigenvalue weighted by Gasteiger charge is 2.18. The van der Waals surface area contributed by atoms with Crippen LogP contribution in [0, 0.1) is 13.8 Å². The van der Waals surface area contributed by atoms with Crippen molar-refractivity contribution in [1.82, 2.24) is 24.3 Å². The number of fused-ring (bicyclic) bond motifs is 1. The largest absolute Gasteiger partial charge is 0.325 e. The van der Waals surface area contributed by atoms with Crippen LogP contribution in [0.3, 0.4) is 0 Å². The summed E-state index contributed by atoms with van der Waals surface area (Å²) in [6, 6.07) is 8.06. The minimum atomic E-state index is -3.78. The third-order valence-corrected chi connectivity index (χ3v) is 7.20. The van der Waals surface area contributed by atoms with Gasteiger partial charge < -0.3 is 5.32 Å². The normalized spacial score (nSPS) is 14.5. The Morgan fingerprint density at radius 2 is 2.00 bits per heavy atom. The average molecular weight is 488 g/mol. The second kappa shape index (κ2) is 9.87. The number of hydrogen-bond donors (Lipinski definition) is 2. The van der Waals surface area contributed by atoms with Crippen molar-refractivity contribution in [2.24, 2.45) is 4.99 Å². The third-order valence-electron chi connectivity index (χ3n) is 4.99. The maximum absolute atomic E-state index is 12.8. The fourth-order valence-corrected chi connectivity index (χ4v) is 5.20. The minimum absolute atomic E-state index is 0.0684. The number of nitrogens with one attached hydrogen (secondary N) is 2. The van der Waals surface area contributed by atoms with E-state index in [1.165, 1.54) is 23.9 Å². The van der Waals surface area contributed by atoms with Gasteiger partial charge in [-0.15, -0.1) is 5.10 Å². The van der Waals surface area contributed by atoms with Gasteiger partial charge >= 0.3 is 0 Å². The standard InChI is InChI=1S/C21H25N7O3S2/c1-14-11-15(2)28-20(23-14)25-21(26-28)32-13-19(29)24-16-7-6-8-17(12-16)33(30,31)27-18-9-4-3-5-10-22-18/h6-8,11-12H,3-5,9-10,13H2,1-2H3,(H,22,27)(H,24,29). The summed E-state index contributed by atoms with van der Waals surface area (Å²) in [7, 11) is -3.78. The molecule has 3 aromatic rings. The van der Waals surface area contributed by atoms with E-state index in [1.807, 2.05) is 19.9 Å². The van der Waals surface area contributed by atoms with Gasteiger partial charge in [0.2, 0.25) is 11.1 Å². The average Bonchev–Trinajstić information content (AvgIpc) is 3.01. The predicted molar refractivity (Wildman–Crippen MR) is 127 cm³/mol. The van der Waals surface area contributed by atoms with Crippen LogP contribution in [0.15, 0.2) is 45.4 Å². The first kappa shape index (κ1) is 23.2. The van der Waals surface area contributed by atoms with Crippen LogP contribution in [0.5, 0.6) is 0 Å². The van der Waals surface area contributed by atoms with Gasteiger partial charge in [-0.3, -0.25) is 14.5 Å². The third kappa shape index (κ3) is 5.88. The number of carbonyl (C=O) groups excluding carboxylic acids is 1. The number of aliphatic imine (C=N–C) groups is 1. The molecule has 174 valence electrons. The van der Waals surface area contributed by atoms with E-state index in [0.717, 1.165) is 30.7 Å². The van der Waals surface area contributed by atoms with Crippen LogP contribution in [0.25, 0.3) is 5.78 Å². The molecule has 0 atom stereocenters. The van der Waals surface area contributed by atoms with E-state index in [2.05, 4.69) is 30.1 Å². The lowest BCUT2D eigenvalue weighted by Crippen LogP contribution is -2.30. The first-order valence-electron chi connectivity index (χ1n) is 10.6. The zero-order valence-corrected chi connectivity index (χ0v) is 20.0. The van der Waals surface area contributed by atoms with E-state index in [1.54, 1.807) is 16.6 Å². The van der Waals surface area contributed by atoms with Crippen molar-refractivity contribution in [3.8, 4) is 0 Å². The Hall–Kier alpha value is -2.99. The number of amides is 1. The Morgan fingerprint density at radius 3 is 2.85 bits per heavy atom.